The molecular formula is C14H15N7. The van der Waals surface area contributed by atoms with Crippen LogP contribution in [0, 0.1) is 0 Å². The van der Waals surface area contributed by atoms with Crippen LogP contribution in [-0.2, 0) is 6.42 Å². The zero-order valence-corrected chi connectivity index (χ0v) is 11.6. The van der Waals surface area contributed by atoms with Gasteiger partial charge >= 0.3 is 0 Å². The monoisotopic (exact) mass is 281 g/mol. The van der Waals surface area contributed by atoms with E-state index in [1.165, 1.54) is 5.56 Å². The number of imidazole rings is 1. The van der Waals surface area contributed by atoms with E-state index in [-0.39, 0.29) is 5.95 Å². The Kier molecular flexibility index (Phi) is 3.46. The molecule has 3 rings (SSSR count). The van der Waals surface area contributed by atoms with Crippen molar-refractivity contribution in [1.29, 1.82) is 0 Å². The Bertz CT molecular complexity index is 737. The van der Waals surface area contributed by atoms with Crippen molar-refractivity contribution >= 4 is 17.6 Å². The Hall–Kier alpha value is -2.96. The van der Waals surface area contributed by atoms with Gasteiger partial charge < -0.3 is 11.1 Å². The maximum Gasteiger partial charge on any atom is 0.241 e. The number of rotatable bonds is 4. The zero-order valence-electron chi connectivity index (χ0n) is 11.6. The van der Waals surface area contributed by atoms with E-state index in [1.54, 1.807) is 23.3 Å². The molecule has 21 heavy (non-hydrogen) atoms. The highest BCUT2D eigenvalue weighted by Gasteiger charge is 2.06. The van der Waals surface area contributed by atoms with Crippen molar-refractivity contribution in [2.75, 3.05) is 11.1 Å². The molecule has 1 aromatic carbocycles. The lowest BCUT2D eigenvalue weighted by atomic mass is 10.1. The van der Waals surface area contributed by atoms with Gasteiger partial charge in [0, 0.05) is 18.1 Å². The third-order valence-corrected chi connectivity index (χ3v) is 2.97. The molecular weight excluding hydrogens is 266 g/mol. The lowest BCUT2D eigenvalue weighted by Gasteiger charge is -2.08. The van der Waals surface area contributed by atoms with Gasteiger partial charge in [-0.05, 0) is 24.1 Å². The Morgan fingerprint density at radius 1 is 1.24 bits per heavy atom. The molecule has 0 amide bonds. The fourth-order valence-corrected chi connectivity index (χ4v) is 1.93. The summed E-state index contributed by atoms with van der Waals surface area (Å²) in [7, 11) is 0. The Morgan fingerprint density at radius 2 is 2.14 bits per heavy atom. The number of aromatic nitrogens is 5. The minimum atomic E-state index is 0.155. The molecule has 3 aromatic rings. The number of hydrogen-bond acceptors (Lipinski definition) is 6. The van der Waals surface area contributed by atoms with E-state index in [4.69, 9.17) is 5.73 Å². The van der Waals surface area contributed by atoms with Gasteiger partial charge in [0.1, 0.15) is 6.33 Å². The van der Waals surface area contributed by atoms with E-state index < -0.39 is 0 Å². The molecule has 0 aliphatic rings. The molecule has 0 atom stereocenters. The van der Waals surface area contributed by atoms with E-state index >= 15 is 0 Å². The number of hydrogen-bond donors (Lipinski definition) is 2. The zero-order chi connectivity index (χ0) is 14.7. The molecule has 0 bridgehead atoms. The number of nitrogens with two attached hydrogens (primary N) is 1. The van der Waals surface area contributed by atoms with E-state index in [2.05, 4.69) is 44.3 Å². The first-order chi connectivity index (χ1) is 10.2. The summed E-state index contributed by atoms with van der Waals surface area (Å²) in [5, 5.41) is 3.15. The maximum absolute atomic E-state index is 5.74. The number of nitrogen functional groups attached to an aromatic ring is 1. The topological polar surface area (TPSA) is 94.5 Å². The molecule has 106 valence electrons. The normalized spacial score (nSPS) is 10.5. The minimum Gasteiger partial charge on any atom is -0.368 e. The molecule has 0 aliphatic heterocycles. The third-order valence-electron chi connectivity index (χ3n) is 2.97. The van der Waals surface area contributed by atoms with Gasteiger partial charge in [0.15, 0.2) is 0 Å². The van der Waals surface area contributed by atoms with E-state index in [0.717, 1.165) is 12.1 Å². The predicted molar refractivity (Wildman–Crippen MR) is 80.5 cm³/mol. The van der Waals surface area contributed by atoms with Crippen LogP contribution in [0.2, 0.25) is 0 Å². The smallest absolute Gasteiger partial charge is 0.241 e. The van der Waals surface area contributed by atoms with Gasteiger partial charge in [-0.1, -0.05) is 19.1 Å². The molecule has 0 aliphatic carbocycles. The van der Waals surface area contributed by atoms with Crippen molar-refractivity contribution in [3.8, 4) is 5.95 Å². The molecule has 3 N–H and O–H groups in total. The van der Waals surface area contributed by atoms with Crippen molar-refractivity contribution in [1.82, 2.24) is 24.5 Å². The number of anilines is 3. The third kappa shape index (κ3) is 2.97. The first kappa shape index (κ1) is 13.0. The van der Waals surface area contributed by atoms with Gasteiger partial charge in [0.25, 0.3) is 0 Å². The van der Waals surface area contributed by atoms with Crippen LogP contribution >= 0.6 is 0 Å². The number of benzene rings is 1. The predicted octanol–water partition coefficient (Wildman–Crippen LogP) is 1.95. The number of nitrogens with one attached hydrogen (secondary N) is 1. The van der Waals surface area contributed by atoms with Crippen LogP contribution in [0.5, 0.6) is 0 Å². The fraction of sp³-hybridized carbons (Fsp3) is 0.143. The van der Waals surface area contributed by atoms with E-state index in [1.807, 2.05) is 12.1 Å². The fourth-order valence-electron chi connectivity index (χ4n) is 1.93. The van der Waals surface area contributed by atoms with Gasteiger partial charge in [0.2, 0.25) is 17.8 Å². The average molecular weight is 281 g/mol. The lowest BCUT2D eigenvalue weighted by molar-refractivity contribution is 0.906. The lowest BCUT2D eigenvalue weighted by Crippen LogP contribution is -2.08. The summed E-state index contributed by atoms with van der Waals surface area (Å²) in [6, 6.07) is 8.07. The molecule has 0 fully saturated rings. The van der Waals surface area contributed by atoms with Crippen molar-refractivity contribution in [3.63, 3.8) is 0 Å². The van der Waals surface area contributed by atoms with E-state index in [9.17, 15) is 0 Å². The molecule has 7 heteroatoms. The second-order valence-corrected chi connectivity index (χ2v) is 4.47. The quantitative estimate of drug-likeness (QED) is 0.759. The van der Waals surface area contributed by atoms with Crippen LogP contribution in [-0.4, -0.2) is 24.5 Å². The van der Waals surface area contributed by atoms with Crippen molar-refractivity contribution < 1.29 is 0 Å². The van der Waals surface area contributed by atoms with Crippen LogP contribution in [0.25, 0.3) is 5.95 Å². The Balaban J connectivity index is 1.91. The molecule has 0 spiro atoms. The molecule has 0 radical (unpaired) electrons. The van der Waals surface area contributed by atoms with Crippen LogP contribution in [0.3, 0.4) is 0 Å². The number of nitrogens with zero attached hydrogens (tertiary/aromatic N) is 5. The SMILES string of the molecule is CCc1cccc(Nc2nc(N)nc(-n3ccnc3)n2)c1. The van der Waals surface area contributed by atoms with Crippen LogP contribution in [0.1, 0.15) is 12.5 Å². The largest absolute Gasteiger partial charge is 0.368 e. The summed E-state index contributed by atoms with van der Waals surface area (Å²) in [5.74, 6) is 0.983. The first-order valence-electron chi connectivity index (χ1n) is 6.60. The summed E-state index contributed by atoms with van der Waals surface area (Å²) < 4.78 is 1.67. The van der Waals surface area contributed by atoms with Gasteiger partial charge in [-0.2, -0.15) is 15.0 Å². The van der Waals surface area contributed by atoms with Crippen molar-refractivity contribution in [2.24, 2.45) is 0 Å². The first-order valence-corrected chi connectivity index (χ1v) is 6.60. The van der Waals surface area contributed by atoms with Gasteiger partial charge in [0.05, 0.1) is 0 Å². The molecule has 0 saturated heterocycles. The maximum atomic E-state index is 5.74. The molecule has 0 unspecified atom stereocenters. The second-order valence-electron chi connectivity index (χ2n) is 4.47. The highest BCUT2D eigenvalue weighted by molar-refractivity contribution is 5.55. The summed E-state index contributed by atoms with van der Waals surface area (Å²) in [4.78, 5) is 16.5. The van der Waals surface area contributed by atoms with Crippen LogP contribution in [0.4, 0.5) is 17.6 Å². The standard InChI is InChI=1S/C14H15N7/c1-2-10-4-3-5-11(8-10)17-13-18-12(15)19-14(20-13)21-7-6-16-9-21/h3-9H,2H2,1H3,(H3,15,17,18,19,20). The molecule has 7 nitrogen and oxygen atoms in total. The number of aryl methyl sites for hydroxylation is 1. The Morgan fingerprint density at radius 3 is 2.90 bits per heavy atom. The summed E-state index contributed by atoms with van der Waals surface area (Å²) in [6.07, 6.45) is 5.97. The van der Waals surface area contributed by atoms with Gasteiger partial charge in [-0.3, -0.25) is 4.57 Å². The summed E-state index contributed by atoms with van der Waals surface area (Å²) in [6.45, 7) is 2.11. The second kappa shape index (κ2) is 5.58. The summed E-state index contributed by atoms with van der Waals surface area (Å²) >= 11 is 0. The molecule has 2 aromatic heterocycles. The van der Waals surface area contributed by atoms with Crippen molar-refractivity contribution in [3.05, 3.63) is 48.5 Å². The highest BCUT2D eigenvalue weighted by Crippen LogP contribution is 2.16. The van der Waals surface area contributed by atoms with E-state index in [0.29, 0.717) is 11.9 Å². The van der Waals surface area contributed by atoms with Gasteiger partial charge in [-0.15, -0.1) is 0 Å². The minimum absolute atomic E-state index is 0.155. The summed E-state index contributed by atoms with van der Waals surface area (Å²) in [5.41, 5.74) is 7.89. The molecule has 2 heterocycles. The van der Waals surface area contributed by atoms with Crippen molar-refractivity contribution in [2.45, 2.75) is 13.3 Å². The van der Waals surface area contributed by atoms with Crippen LogP contribution < -0.4 is 11.1 Å². The van der Waals surface area contributed by atoms with Gasteiger partial charge in [-0.25, -0.2) is 4.98 Å². The molecule has 0 saturated carbocycles. The Labute approximate surface area is 121 Å². The van der Waals surface area contributed by atoms with Crippen LogP contribution in [0.15, 0.2) is 43.0 Å². The average Bonchev–Trinajstić information content (AvgIpc) is 3.01. The highest BCUT2D eigenvalue weighted by atomic mass is 15.3.